The monoisotopic (exact) mass is 425 g/mol. The van der Waals surface area contributed by atoms with Gasteiger partial charge in [0.1, 0.15) is 5.69 Å². The summed E-state index contributed by atoms with van der Waals surface area (Å²) in [5, 5.41) is 14.6. The van der Waals surface area contributed by atoms with Crippen LogP contribution >= 0.6 is 0 Å². The van der Waals surface area contributed by atoms with Crippen molar-refractivity contribution < 1.29 is 18.1 Å². The summed E-state index contributed by atoms with van der Waals surface area (Å²) >= 11 is 0. The average Bonchev–Trinajstić information content (AvgIpc) is 3.48. The van der Waals surface area contributed by atoms with Gasteiger partial charge in [-0.25, -0.2) is 8.42 Å². The molecule has 0 amide bonds. The Morgan fingerprint density at radius 3 is 2.55 bits per heavy atom. The van der Waals surface area contributed by atoms with Crippen LogP contribution in [-0.2, 0) is 14.8 Å². The predicted molar refractivity (Wildman–Crippen MR) is 111 cm³/mol. The standard InChI is InChI=1S/C20H31N3O5S/c1-15-10-16(2)13-22(12-15)29(26,27)18-6-7-19(20(11-18)23(24)25)21-8-3-9-28-14-17-4-5-17/h6-7,11,15-17,21H,3-5,8-10,12-14H2,1-2H3/t15-,16-/m1/s1. The molecule has 1 aromatic rings. The van der Waals surface area contributed by atoms with Crippen LogP contribution in [0.1, 0.15) is 39.5 Å². The number of nitro benzene ring substituents is 1. The van der Waals surface area contributed by atoms with E-state index in [9.17, 15) is 18.5 Å². The third kappa shape index (κ3) is 5.90. The summed E-state index contributed by atoms with van der Waals surface area (Å²) in [6.07, 6.45) is 4.21. The molecule has 0 radical (unpaired) electrons. The van der Waals surface area contributed by atoms with Crippen LogP contribution in [0.25, 0.3) is 0 Å². The highest BCUT2D eigenvalue weighted by molar-refractivity contribution is 7.89. The minimum atomic E-state index is -3.75. The molecule has 1 heterocycles. The van der Waals surface area contributed by atoms with Gasteiger partial charge in [-0.15, -0.1) is 0 Å². The van der Waals surface area contributed by atoms with Gasteiger partial charge in [-0.05, 0) is 55.6 Å². The average molecular weight is 426 g/mol. The molecule has 162 valence electrons. The molecule has 1 aliphatic carbocycles. The number of hydrogen-bond acceptors (Lipinski definition) is 6. The second kappa shape index (κ2) is 9.40. The fraction of sp³-hybridized carbons (Fsp3) is 0.700. The molecule has 1 saturated carbocycles. The van der Waals surface area contributed by atoms with Crippen LogP contribution in [0.4, 0.5) is 11.4 Å². The zero-order chi connectivity index (χ0) is 21.0. The van der Waals surface area contributed by atoms with Crippen LogP contribution in [0.5, 0.6) is 0 Å². The van der Waals surface area contributed by atoms with Crippen LogP contribution in [-0.4, -0.2) is 50.5 Å². The summed E-state index contributed by atoms with van der Waals surface area (Å²) < 4.78 is 33.1. The van der Waals surface area contributed by atoms with E-state index in [-0.39, 0.29) is 22.4 Å². The van der Waals surface area contributed by atoms with Crippen LogP contribution in [0, 0.1) is 27.9 Å². The molecule has 0 bridgehead atoms. The minimum Gasteiger partial charge on any atom is -0.381 e. The van der Waals surface area contributed by atoms with Crippen molar-refractivity contribution in [2.45, 2.75) is 44.4 Å². The third-order valence-corrected chi connectivity index (χ3v) is 7.30. The number of ether oxygens (including phenoxy) is 1. The molecule has 1 aliphatic heterocycles. The molecule has 0 spiro atoms. The van der Waals surface area contributed by atoms with E-state index < -0.39 is 14.9 Å². The fourth-order valence-corrected chi connectivity index (χ4v) is 5.56. The number of piperidine rings is 1. The van der Waals surface area contributed by atoms with Crippen molar-refractivity contribution in [1.29, 1.82) is 0 Å². The summed E-state index contributed by atoms with van der Waals surface area (Å²) in [5.74, 6) is 1.25. The largest absolute Gasteiger partial charge is 0.381 e. The zero-order valence-electron chi connectivity index (χ0n) is 17.2. The highest BCUT2D eigenvalue weighted by Gasteiger charge is 2.33. The van der Waals surface area contributed by atoms with Gasteiger partial charge < -0.3 is 10.1 Å². The highest BCUT2D eigenvalue weighted by atomic mass is 32.2. The molecule has 3 rings (SSSR count). The molecule has 1 saturated heterocycles. The second-order valence-electron chi connectivity index (χ2n) is 8.50. The van der Waals surface area contributed by atoms with Gasteiger partial charge in [0.05, 0.1) is 9.82 Å². The summed E-state index contributed by atoms with van der Waals surface area (Å²) in [4.78, 5) is 11.0. The normalized spacial score (nSPS) is 23.1. The number of rotatable bonds is 10. The first-order valence-corrected chi connectivity index (χ1v) is 11.8. The van der Waals surface area contributed by atoms with Gasteiger partial charge in [0.25, 0.3) is 5.69 Å². The lowest BCUT2D eigenvalue weighted by Gasteiger charge is -2.34. The van der Waals surface area contributed by atoms with E-state index in [1.54, 1.807) is 0 Å². The van der Waals surface area contributed by atoms with E-state index >= 15 is 0 Å². The Morgan fingerprint density at radius 2 is 1.93 bits per heavy atom. The summed E-state index contributed by atoms with van der Waals surface area (Å²) in [6.45, 7) is 6.88. The van der Waals surface area contributed by atoms with Crippen molar-refractivity contribution >= 4 is 21.4 Å². The maximum Gasteiger partial charge on any atom is 0.293 e. The number of hydrogen-bond donors (Lipinski definition) is 1. The van der Waals surface area contributed by atoms with Gasteiger partial charge in [-0.2, -0.15) is 4.31 Å². The second-order valence-corrected chi connectivity index (χ2v) is 10.4. The number of nitrogens with zero attached hydrogens (tertiary/aromatic N) is 2. The van der Waals surface area contributed by atoms with Crippen LogP contribution < -0.4 is 5.32 Å². The number of nitro groups is 1. The van der Waals surface area contributed by atoms with Gasteiger partial charge in [-0.3, -0.25) is 10.1 Å². The molecular weight excluding hydrogens is 394 g/mol. The SMILES string of the molecule is C[C@@H]1C[C@@H](C)CN(S(=O)(=O)c2ccc(NCCCOCC3CC3)c([N+](=O)[O-])c2)C1. The zero-order valence-corrected chi connectivity index (χ0v) is 18.0. The maximum absolute atomic E-state index is 13.0. The molecular formula is C20H31N3O5S. The highest BCUT2D eigenvalue weighted by Crippen LogP contribution is 2.32. The molecule has 2 atom stereocenters. The van der Waals surface area contributed by atoms with E-state index in [0.717, 1.165) is 19.4 Å². The molecule has 1 aromatic carbocycles. The molecule has 1 N–H and O–H groups in total. The van der Waals surface area contributed by atoms with Crippen molar-refractivity contribution in [3.05, 3.63) is 28.3 Å². The molecule has 2 aliphatic rings. The van der Waals surface area contributed by atoms with Gasteiger partial charge >= 0.3 is 0 Å². The molecule has 2 fully saturated rings. The Balaban J connectivity index is 1.65. The Bertz CT molecular complexity index is 815. The van der Waals surface area contributed by atoms with Crippen molar-refractivity contribution in [1.82, 2.24) is 4.31 Å². The van der Waals surface area contributed by atoms with Crippen LogP contribution in [0.3, 0.4) is 0 Å². The predicted octanol–water partition coefficient (Wildman–Crippen LogP) is 3.49. The van der Waals surface area contributed by atoms with Crippen LogP contribution in [0.2, 0.25) is 0 Å². The van der Waals surface area contributed by atoms with Gasteiger partial charge in [0.2, 0.25) is 10.0 Å². The van der Waals surface area contributed by atoms with E-state index in [4.69, 9.17) is 4.74 Å². The first kappa shape index (κ1) is 22.0. The van der Waals surface area contributed by atoms with Gasteiger partial charge in [0.15, 0.2) is 0 Å². The topological polar surface area (TPSA) is 102 Å². The summed E-state index contributed by atoms with van der Waals surface area (Å²) in [5.41, 5.74) is 0.111. The molecule has 8 nitrogen and oxygen atoms in total. The van der Waals surface area contributed by atoms with E-state index in [2.05, 4.69) is 5.32 Å². The molecule has 0 unspecified atom stereocenters. The first-order chi connectivity index (χ1) is 13.8. The lowest BCUT2D eigenvalue weighted by Crippen LogP contribution is -2.42. The number of benzene rings is 1. The summed E-state index contributed by atoms with van der Waals surface area (Å²) in [6, 6.07) is 4.12. The maximum atomic E-state index is 13.0. The lowest BCUT2D eigenvalue weighted by atomic mass is 9.94. The molecule has 9 heteroatoms. The number of sulfonamides is 1. The van der Waals surface area contributed by atoms with E-state index in [0.29, 0.717) is 37.8 Å². The van der Waals surface area contributed by atoms with Crippen LogP contribution in [0.15, 0.2) is 23.1 Å². The van der Waals surface area contributed by atoms with Crippen molar-refractivity contribution in [3.8, 4) is 0 Å². The third-order valence-electron chi connectivity index (χ3n) is 5.47. The van der Waals surface area contributed by atoms with Gasteiger partial charge in [0, 0.05) is 38.9 Å². The molecule has 0 aromatic heterocycles. The number of nitrogens with one attached hydrogen (secondary N) is 1. The van der Waals surface area contributed by atoms with E-state index in [1.165, 1.54) is 35.3 Å². The summed E-state index contributed by atoms with van der Waals surface area (Å²) in [7, 11) is -3.75. The lowest BCUT2D eigenvalue weighted by molar-refractivity contribution is -0.384. The number of anilines is 1. The minimum absolute atomic E-state index is 0.0242. The van der Waals surface area contributed by atoms with Crippen molar-refractivity contribution in [2.24, 2.45) is 17.8 Å². The fourth-order valence-electron chi connectivity index (χ4n) is 3.86. The first-order valence-electron chi connectivity index (χ1n) is 10.4. The molecule has 29 heavy (non-hydrogen) atoms. The quantitative estimate of drug-likeness (QED) is 0.350. The Hall–Kier alpha value is -1.71. The van der Waals surface area contributed by atoms with Gasteiger partial charge in [-0.1, -0.05) is 13.8 Å². The van der Waals surface area contributed by atoms with E-state index in [1.807, 2.05) is 13.8 Å². The van der Waals surface area contributed by atoms with Crippen molar-refractivity contribution in [2.75, 3.05) is 38.2 Å². The Kier molecular flexibility index (Phi) is 7.13. The Morgan fingerprint density at radius 1 is 1.24 bits per heavy atom. The Labute approximate surface area is 172 Å². The smallest absolute Gasteiger partial charge is 0.293 e. The van der Waals surface area contributed by atoms with Crippen molar-refractivity contribution in [3.63, 3.8) is 0 Å².